The van der Waals surface area contributed by atoms with Crippen LogP contribution in [0.25, 0.3) is 0 Å². The van der Waals surface area contributed by atoms with Crippen molar-refractivity contribution in [2.24, 2.45) is 5.92 Å². The van der Waals surface area contributed by atoms with Gasteiger partial charge in [-0.15, -0.1) is 0 Å². The van der Waals surface area contributed by atoms with Crippen LogP contribution in [-0.2, 0) is 16.0 Å². The van der Waals surface area contributed by atoms with Gasteiger partial charge in [-0.05, 0) is 17.7 Å². The molecule has 1 aromatic carbocycles. The van der Waals surface area contributed by atoms with Crippen molar-refractivity contribution in [1.29, 1.82) is 0 Å². The van der Waals surface area contributed by atoms with E-state index in [1.54, 1.807) is 12.1 Å². The van der Waals surface area contributed by atoms with Crippen LogP contribution in [-0.4, -0.2) is 47.8 Å². The summed E-state index contributed by atoms with van der Waals surface area (Å²) >= 11 is 5.84. The first-order chi connectivity index (χ1) is 9.97. The van der Waals surface area contributed by atoms with Crippen molar-refractivity contribution >= 4 is 23.4 Å². The van der Waals surface area contributed by atoms with E-state index in [9.17, 15) is 9.59 Å². The van der Waals surface area contributed by atoms with Gasteiger partial charge in [0, 0.05) is 37.1 Å². The number of carbonyl (C=O) groups is 2. The second kappa shape index (κ2) is 6.94. The fourth-order valence-corrected chi connectivity index (χ4v) is 2.56. The number of benzene rings is 1. The van der Waals surface area contributed by atoms with E-state index in [1.165, 1.54) is 0 Å². The van der Waals surface area contributed by atoms with Crippen molar-refractivity contribution in [2.45, 2.75) is 20.3 Å². The van der Waals surface area contributed by atoms with E-state index < -0.39 is 0 Å². The summed E-state index contributed by atoms with van der Waals surface area (Å²) in [4.78, 5) is 27.8. The van der Waals surface area contributed by atoms with Crippen molar-refractivity contribution in [3.63, 3.8) is 0 Å². The Labute approximate surface area is 130 Å². The second-order valence-electron chi connectivity index (χ2n) is 5.66. The Balaban J connectivity index is 1.86. The number of hydrogen-bond acceptors (Lipinski definition) is 2. The van der Waals surface area contributed by atoms with Crippen molar-refractivity contribution in [3.8, 4) is 0 Å². The highest BCUT2D eigenvalue weighted by Gasteiger charge is 2.25. The summed E-state index contributed by atoms with van der Waals surface area (Å²) in [7, 11) is 0. The zero-order valence-corrected chi connectivity index (χ0v) is 13.3. The molecule has 0 aliphatic carbocycles. The molecule has 0 atom stereocenters. The van der Waals surface area contributed by atoms with E-state index in [0.717, 1.165) is 5.56 Å². The Morgan fingerprint density at radius 2 is 1.57 bits per heavy atom. The SMILES string of the molecule is CC(C)C(=O)N1CCN(C(=O)Cc2ccc(Cl)cc2)CC1. The first-order valence-electron chi connectivity index (χ1n) is 7.28. The molecule has 114 valence electrons. The molecule has 5 heteroatoms. The van der Waals surface area contributed by atoms with E-state index in [4.69, 9.17) is 11.6 Å². The molecule has 0 radical (unpaired) electrons. The minimum Gasteiger partial charge on any atom is -0.339 e. The fourth-order valence-electron chi connectivity index (χ4n) is 2.43. The second-order valence-corrected chi connectivity index (χ2v) is 6.10. The van der Waals surface area contributed by atoms with Crippen molar-refractivity contribution in [3.05, 3.63) is 34.9 Å². The van der Waals surface area contributed by atoms with Crippen LogP contribution in [0.15, 0.2) is 24.3 Å². The Kier molecular flexibility index (Phi) is 5.23. The number of halogens is 1. The van der Waals surface area contributed by atoms with Gasteiger partial charge < -0.3 is 9.80 Å². The van der Waals surface area contributed by atoms with Gasteiger partial charge in [0.05, 0.1) is 6.42 Å². The minimum absolute atomic E-state index is 0.0151. The predicted molar refractivity (Wildman–Crippen MR) is 83.2 cm³/mol. The first-order valence-corrected chi connectivity index (χ1v) is 7.66. The first kappa shape index (κ1) is 15.8. The smallest absolute Gasteiger partial charge is 0.227 e. The molecule has 2 amide bonds. The van der Waals surface area contributed by atoms with Crippen LogP contribution < -0.4 is 0 Å². The summed E-state index contributed by atoms with van der Waals surface area (Å²) < 4.78 is 0. The van der Waals surface area contributed by atoms with Gasteiger partial charge in [0.1, 0.15) is 0 Å². The lowest BCUT2D eigenvalue weighted by Gasteiger charge is -2.35. The van der Waals surface area contributed by atoms with Gasteiger partial charge in [-0.1, -0.05) is 37.6 Å². The number of rotatable bonds is 3. The lowest BCUT2D eigenvalue weighted by atomic mass is 10.1. The van der Waals surface area contributed by atoms with Gasteiger partial charge in [-0.3, -0.25) is 9.59 Å². The third kappa shape index (κ3) is 4.21. The normalized spacial score (nSPS) is 15.4. The number of hydrogen-bond donors (Lipinski definition) is 0. The van der Waals surface area contributed by atoms with Crippen LogP contribution in [0, 0.1) is 5.92 Å². The molecule has 1 aliphatic rings. The monoisotopic (exact) mass is 308 g/mol. The quantitative estimate of drug-likeness (QED) is 0.859. The number of nitrogens with zero attached hydrogens (tertiary/aromatic N) is 2. The summed E-state index contributed by atoms with van der Waals surface area (Å²) in [6, 6.07) is 7.34. The van der Waals surface area contributed by atoms with E-state index >= 15 is 0 Å². The maximum Gasteiger partial charge on any atom is 0.227 e. The summed E-state index contributed by atoms with van der Waals surface area (Å²) in [5.74, 6) is 0.287. The zero-order chi connectivity index (χ0) is 15.4. The number of carbonyl (C=O) groups excluding carboxylic acids is 2. The zero-order valence-electron chi connectivity index (χ0n) is 12.5. The largest absolute Gasteiger partial charge is 0.339 e. The van der Waals surface area contributed by atoms with E-state index in [-0.39, 0.29) is 17.7 Å². The molecule has 1 saturated heterocycles. The summed E-state index contributed by atoms with van der Waals surface area (Å²) in [6.07, 6.45) is 0.384. The van der Waals surface area contributed by atoms with Crippen LogP contribution in [0.5, 0.6) is 0 Å². The number of piperazine rings is 1. The van der Waals surface area contributed by atoms with E-state index in [0.29, 0.717) is 37.6 Å². The lowest BCUT2D eigenvalue weighted by molar-refractivity contribution is -0.141. The summed E-state index contributed by atoms with van der Waals surface area (Å²) in [5.41, 5.74) is 0.963. The van der Waals surface area contributed by atoms with Crippen molar-refractivity contribution < 1.29 is 9.59 Å². The Bertz CT molecular complexity index is 506. The molecule has 1 aromatic rings. The lowest BCUT2D eigenvalue weighted by Crippen LogP contribution is -2.51. The standard InChI is InChI=1S/C16H21ClN2O2/c1-12(2)16(21)19-9-7-18(8-10-19)15(20)11-13-3-5-14(17)6-4-13/h3-6,12H,7-11H2,1-2H3. The Morgan fingerprint density at radius 1 is 1.05 bits per heavy atom. The minimum atomic E-state index is 0.0151. The predicted octanol–water partition coefficient (Wildman–Crippen LogP) is 2.21. The molecule has 1 heterocycles. The Morgan fingerprint density at radius 3 is 2.10 bits per heavy atom. The molecule has 4 nitrogen and oxygen atoms in total. The molecule has 0 spiro atoms. The van der Waals surface area contributed by atoms with Crippen LogP contribution in [0.3, 0.4) is 0 Å². The fraction of sp³-hybridized carbons (Fsp3) is 0.500. The van der Waals surface area contributed by atoms with E-state index in [1.807, 2.05) is 35.8 Å². The van der Waals surface area contributed by atoms with Gasteiger partial charge in [0.25, 0.3) is 0 Å². The Hall–Kier alpha value is -1.55. The van der Waals surface area contributed by atoms with Gasteiger partial charge in [0.15, 0.2) is 0 Å². The van der Waals surface area contributed by atoms with Gasteiger partial charge in [-0.2, -0.15) is 0 Å². The highest BCUT2D eigenvalue weighted by molar-refractivity contribution is 6.30. The van der Waals surface area contributed by atoms with E-state index in [2.05, 4.69) is 0 Å². The molecule has 2 rings (SSSR count). The number of amides is 2. The van der Waals surface area contributed by atoms with Crippen molar-refractivity contribution in [1.82, 2.24) is 9.80 Å². The molecular weight excluding hydrogens is 288 g/mol. The average molecular weight is 309 g/mol. The molecule has 0 unspecified atom stereocenters. The molecule has 0 saturated carbocycles. The van der Waals surface area contributed by atoms with Crippen LogP contribution in [0.2, 0.25) is 5.02 Å². The maximum absolute atomic E-state index is 12.3. The summed E-state index contributed by atoms with van der Waals surface area (Å²) in [6.45, 7) is 6.29. The van der Waals surface area contributed by atoms with Crippen LogP contribution in [0.1, 0.15) is 19.4 Å². The molecule has 0 N–H and O–H groups in total. The maximum atomic E-state index is 12.3. The van der Waals surface area contributed by atoms with Crippen LogP contribution >= 0.6 is 11.6 Å². The molecule has 0 bridgehead atoms. The van der Waals surface area contributed by atoms with Crippen molar-refractivity contribution in [2.75, 3.05) is 26.2 Å². The highest BCUT2D eigenvalue weighted by Crippen LogP contribution is 2.12. The molecule has 21 heavy (non-hydrogen) atoms. The third-order valence-corrected chi connectivity index (χ3v) is 3.96. The average Bonchev–Trinajstić information content (AvgIpc) is 2.49. The van der Waals surface area contributed by atoms with Gasteiger partial charge >= 0.3 is 0 Å². The third-order valence-electron chi connectivity index (χ3n) is 3.71. The molecular formula is C16H21ClN2O2. The van der Waals surface area contributed by atoms with Gasteiger partial charge in [0.2, 0.25) is 11.8 Å². The van der Waals surface area contributed by atoms with Gasteiger partial charge in [-0.25, -0.2) is 0 Å². The molecule has 1 aliphatic heterocycles. The molecule has 0 aromatic heterocycles. The molecule has 1 fully saturated rings. The van der Waals surface area contributed by atoms with Crippen LogP contribution in [0.4, 0.5) is 0 Å². The highest BCUT2D eigenvalue weighted by atomic mass is 35.5. The topological polar surface area (TPSA) is 40.6 Å². The summed E-state index contributed by atoms with van der Waals surface area (Å²) in [5, 5.41) is 0.673.